The van der Waals surface area contributed by atoms with Gasteiger partial charge >= 0.3 is 0 Å². The molecule has 0 bridgehead atoms. The van der Waals surface area contributed by atoms with Crippen LogP contribution in [0.4, 0.5) is 10.1 Å². The summed E-state index contributed by atoms with van der Waals surface area (Å²) in [6.45, 7) is 0.781. The van der Waals surface area contributed by atoms with E-state index in [2.05, 4.69) is 5.32 Å². The predicted octanol–water partition coefficient (Wildman–Crippen LogP) is 5.11. The first-order valence-corrected chi connectivity index (χ1v) is 8.03. The average molecular weight is 318 g/mol. The molecule has 2 nitrogen and oxygen atoms in total. The van der Waals surface area contributed by atoms with Gasteiger partial charge in [0, 0.05) is 28.8 Å². The molecular weight excluding hydrogens is 301 g/mol. The smallest absolute Gasteiger partial charge is 0.123 e. The third-order valence-electron chi connectivity index (χ3n) is 4.66. The van der Waals surface area contributed by atoms with Crippen molar-refractivity contribution in [1.29, 1.82) is 0 Å². The molecule has 0 amide bonds. The van der Waals surface area contributed by atoms with Crippen LogP contribution in [0.1, 0.15) is 36.1 Å². The number of fused-ring (bicyclic) bond motifs is 3. The number of hydrogen-bond acceptors (Lipinski definition) is 2. The fourth-order valence-corrected chi connectivity index (χ4v) is 3.82. The van der Waals surface area contributed by atoms with Crippen LogP contribution in [-0.2, 0) is 4.74 Å². The summed E-state index contributed by atoms with van der Waals surface area (Å²) in [5.41, 5.74) is 3.29. The maximum atomic E-state index is 13.2. The molecule has 1 fully saturated rings. The number of benzene rings is 2. The van der Waals surface area contributed by atoms with Crippen molar-refractivity contribution in [2.24, 2.45) is 5.92 Å². The van der Waals surface area contributed by atoms with Crippen LogP contribution in [0, 0.1) is 11.7 Å². The van der Waals surface area contributed by atoms with Crippen molar-refractivity contribution in [1.82, 2.24) is 0 Å². The van der Waals surface area contributed by atoms with Gasteiger partial charge in [0.05, 0.1) is 12.1 Å². The van der Waals surface area contributed by atoms with Crippen LogP contribution >= 0.6 is 11.6 Å². The van der Waals surface area contributed by atoms with Gasteiger partial charge in [-0.2, -0.15) is 0 Å². The molecule has 0 saturated carbocycles. The summed E-state index contributed by atoms with van der Waals surface area (Å²) in [5, 5.41) is 4.33. The van der Waals surface area contributed by atoms with Crippen molar-refractivity contribution < 1.29 is 9.13 Å². The van der Waals surface area contributed by atoms with E-state index in [1.807, 2.05) is 30.3 Å². The van der Waals surface area contributed by atoms with Crippen molar-refractivity contribution in [3.05, 3.63) is 64.4 Å². The molecule has 0 radical (unpaired) electrons. The third-order valence-corrected chi connectivity index (χ3v) is 4.89. The first-order chi connectivity index (χ1) is 10.7. The Bertz CT molecular complexity index is 688. The number of halogens is 2. The second kappa shape index (κ2) is 5.56. The number of rotatable bonds is 1. The minimum Gasteiger partial charge on any atom is -0.378 e. The van der Waals surface area contributed by atoms with Gasteiger partial charge in [-0.25, -0.2) is 4.39 Å². The molecule has 1 saturated heterocycles. The van der Waals surface area contributed by atoms with Crippen LogP contribution in [0.2, 0.25) is 5.02 Å². The molecule has 2 aromatic carbocycles. The maximum absolute atomic E-state index is 13.2. The van der Waals surface area contributed by atoms with E-state index in [1.165, 1.54) is 12.1 Å². The largest absolute Gasteiger partial charge is 0.378 e. The van der Waals surface area contributed by atoms with Gasteiger partial charge in [-0.15, -0.1) is 0 Å². The Labute approximate surface area is 134 Å². The average Bonchev–Trinajstić information content (AvgIpc) is 2.55. The van der Waals surface area contributed by atoms with E-state index in [0.29, 0.717) is 5.92 Å². The second-order valence-electron chi connectivity index (χ2n) is 6.00. The Morgan fingerprint density at radius 3 is 2.77 bits per heavy atom. The predicted molar refractivity (Wildman–Crippen MR) is 85.6 cm³/mol. The summed E-state index contributed by atoms with van der Waals surface area (Å²) in [7, 11) is 0. The van der Waals surface area contributed by atoms with Gasteiger partial charge in [-0.3, -0.25) is 0 Å². The molecule has 0 unspecified atom stereocenters. The molecular formula is C18H17ClFNO. The molecule has 2 aliphatic rings. The Hall–Kier alpha value is -1.58. The van der Waals surface area contributed by atoms with E-state index in [1.54, 1.807) is 0 Å². The molecule has 4 heteroatoms. The third kappa shape index (κ3) is 2.38. The molecule has 0 spiro atoms. The first-order valence-electron chi connectivity index (χ1n) is 7.65. The lowest BCUT2D eigenvalue weighted by Crippen LogP contribution is -2.36. The molecule has 22 heavy (non-hydrogen) atoms. The van der Waals surface area contributed by atoms with Gasteiger partial charge in [0.2, 0.25) is 0 Å². The summed E-state index contributed by atoms with van der Waals surface area (Å²) in [6, 6.07) is 12.8. The van der Waals surface area contributed by atoms with Crippen molar-refractivity contribution in [2.45, 2.75) is 25.0 Å². The van der Waals surface area contributed by atoms with Crippen LogP contribution in [0.3, 0.4) is 0 Å². The Morgan fingerprint density at radius 1 is 1.14 bits per heavy atom. The molecule has 2 aliphatic heterocycles. The van der Waals surface area contributed by atoms with Crippen LogP contribution in [0.5, 0.6) is 0 Å². The summed E-state index contributed by atoms with van der Waals surface area (Å²) in [5.74, 6) is 0.133. The van der Waals surface area contributed by atoms with Crippen molar-refractivity contribution in [2.75, 3.05) is 11.9 Å². The SMILES string of the molecule is Fc1ccc([C@@H]2Nc3ccc(Cl)cc3[C@H]3OCCC[C@H]32)cc1. The summed E-state index contributed by atoms with van der Waals surface area (Å²) in [4.78, 5) is 0. The van der Waals surface area contributed by atoms with Crippen LogP contribution in [-0.4, -0.2) is 6.61 Å². The number of ether oxygens (including phenoxy) is 1. The molecule has 0 aliphatic carbocycles. The lowest BCUT2D eigenvalue weighted by molar-refractivity contribution is -0.0381. The van der Waals surface area contributed by atoms with E-state index in [-0.39, 0.29) is 18.0 Å². The van der Waals surface area contributed by atoms with E-state index in [4.69, 9.17) is 16.3 Å². The van der Waals surface area contributed by atoms with E-state index < -0.39 is 0 Å². The maximum Gasteiger partial charge on any atom is 0.123 e. The van der Waals surface area contributed by atoms with Crippen LogP contribution in [0.25, 0.3) is 0 Å². The van der Waals surface area contributed by atoms with Crippen molar-refractivity contribution >= 4 is 17.3 Å². The zero-order valence-corrected chi connectivity index (χ0v) is 12.8. The molecule has 0 aromatic heterocycles. The van der Waals surface area contributed by atoms with Gasteiger partial charge in [-0.05, 0) is 48.7 Å². The highest BCUT2D eigenvalue weighted by Crippen LogP contribution is 2.49. The fraction of sp³-hybridized carbons (Fsp3) is 0.333. The summed E-state index contributed by atoms with van der Waals surface area (Å²) < 4.78 is 19.3. The normalized spacial score (nSPS) is 26.7. The Balaban J connectivity index is 1.77. The Morgan fingerprint density at radius 2 is 1.95 bits per heavy atom. The topological polar surface area (TPSA) is 21.3 Å². The highest BCUT2D eigenvalue weighted by molar-refractivity contribution is 6.30. The zero-order chi connectivity index (χ0) is 15.1. The van der Waals surface area contributed by atoms with E-state index in [0.717, 1.165) is 41.3 Å². The van der Waals surface area contributed by atoms with Crippen LogP contribution < -0.4 is 5.32 Å². The van der Waals surface area contributed by atoms with E-state index >= 15 is 0 Å². The first kappa shape index (κ1) is 14.0. The van der Waals surface area contributed by atoms with Crippen molar-refractivity contribution in [3.8, 4) is 0 Å². The fourth-order valence-electron chi connectivity index (χ4n) is 3.64. The molecule has 4 rings (SSSR count). The van der Waals surface area contributed by atoms with E-state index in [9.17, 15) is 4.39 Å². The lowest BCUT2D eigenvalue weighted by Gasteiger charge is -2.43. The summed E-state index contributed by atoms with van der Waals surface area (Å²) >= 11 is 6.15. The molecule has 2 aromatic rings. The molecule has 114 valence electrons. The minimum atomic E-state index is -0.205. The highest BCUT2D eigenvalue weighted by atomic mass is 35.5. The molecule has 3 atom stereocenters. The van der Waals surface area contributed by atoms with Gasteiger partial charge < -0.3 is 10.1 Å². The standard InChI is InChI=1S/C18H17ClFNO/c19-12-5-8-16-15(10-12)18-14(2-1-9-22-18)17(21-16)11-3-6-13(20)7-4-11/h3-8,10,14,17-18,21H,1-2,9H2/t14-,17-,18-/m0/s1. The highest BCUT2D eigenvalue weighted by Gasteiger charge is 2.39. The second-order valence-corrected chi connectivity index (χ2v) is 6.44. The van der Waals surface area contributed by atoms with Gasteiger partial charge in [0.15, 0.2) is 0 Å². The van der Waals surface area contributed by atoms with Crippen molar-refractivity contribution in [3.63, 3.8) is 0 Å². The lowest BCUT2D eigenvalue weighted by atomic mass is 9.77. The summed E-state index contributed by atoms with van der Waals surface area (Å²) in [6.07, 6.45) is 2.20. The van der Waals surface area contributed by atoms with Gasteiger partial charge in [0.25, 0.3) is 0 Å². The number of nitrogens with one attached hydrogen (secondary N) is 1. The molecule has 2 heterocycles. The number of hydrogen-bond donors (Lipinski definition) is 1. The zero-order valence-electron chi connectivity index (χ0n) is 12.1. The minimum absolute atomic E-state index is 0.0544. The monoisotopic (exact) mass is 317 g/mol. The van der Waals surface area contributed by atoms with Gasteiger partial charge in [-0.1, -0.05) is 23.7 Å². The Kier molecular flexibility index (Phi) is 3.55. The quantitative estimate of drug-likeness (QED) is 0.788. The number of anilines is 1. The van der Waals surface area contributed by atoms with Gasteiger partial charge in [0.1, 0.15) is 5.82 Å². The molecule has 1 N–H and O–H groups in total. The van der Waals surface area contributed by atoms with Crippen LogP contribution in [0.15, 0.2) is 42.5 Å².